The number of rotatable bonds is 39. The number of nitrogens with one attached hydrogen (secondary N) is 1. The van der Waals surface area contributed by atoms with Crippen LogP contribution in [-0.2, 0) is 14.3 Å². The summed E-state index contributed by atoms with van der Waals surface area (Å²) in [5.74, 6) is -0.707. The number of amides is 1. The molecule has 1 fully saturated rings. The summed E-state index contributed by atoms with van der Waals surface area (Å²) in [7, 11) is 0. The van der Waals surface area contributed by atoms with Gasteiger partial charge in [-0.15, -0.1) is 0 Å². The quantitative estimate of drug-likeness (QED) is 0.0226. The summed E-state index contributed by atoms with van der Waals surface area (Å²) < 4.78 is 11.1. The topological polar surface area (TPSA) is 189 Å². The van der Waals surface area contributed by atoms with E-state index in [9.17, 15) is 40.5 Å². The maximum atomic E-state index is 13.0. The number of hydrogen-bond acceptors (Lipinski definition) is 10. The number of allylic oxidation sites excluding steroid dienone is 2. The molecule has 0 aromatic rings. The largest absolute Gasteiger partial charge is 0.394 e. The van der Waals surface area contributed by atoms with Crippen LogP contribution in [0.3, 0.4) is 0 Å². The maximum Gasteiger partial charge on any atom is 0.249 e. The van der Waals surface area contributed by atoms with E-state index in [1.807, 2.05) is 0 Å². The van der Waals surface area contributed by atoms with Crippen molar-refractivity contribution in [2.45, 2.75) is 262 Å². The number of ether oxygens (including phenoxy) is 2. The summed E-state index contributed by atoms with van der Waals surface area (Å²) in [6.07, 6.45) is 27.0. The molecule has 1 rings (SSSR count). The molecule has 1 aliphatic rings. The van der Waals surface area contributed by atoms with Gasteiger partial charge in [-0.2, -0.15) is 0 Å². The van der Waals surface area contributed by atoms with E-state index in [-0.39, 0.29) is 6.42 Å². The van der Waals surface area contributed by atoms with Gasteiger partial charge in [0.25, 0.3) is 0 Å². The number of aliphatic hydroxyl groups is 7. The first-order valence-electron chi connectivity index (χ1n) is 23.6. The zero-order valence-electron chi connectivity index (χ0n) is 36.3. The fourth-order valence-electron chi connectivity index (χ4n) is 7.60. The van der Waals surface area contributed by atoms with Crippen LogP contribution in [-0.4, -0.2) is 110 Å². The van der Waals surface area contributed by atoms with Gasteiger partial charge in [0.05, 0.1) is 25.4 Å². The highest BCUT2D eigenvalue weighted by Crippen LogP contribution is 2.23. The Morgan fingerprint density at radius 1 is 0.596 bits per heavy atom. The third kappa shape index (κ3) is 26.6. The van der Waals surface area contributed by atoms with Gasteiger partial charge in [-0.25, -0.2) is 0 Å². The predicted molar refractivity (Wildman–Crippen MR) is 229 cm³/mol. The van der Waals surface area contributed by atoms with Gasteiger partial charge in [0.15, 0.2) is 6.29 Å². The third-order valence-electron chi connectivity index (χ3n) is 11.6. The minimum atomic E-state index is -1.66. The lowest BCUT2D eigenvalue weighted by Gasteiger charge is -2.40. The standard InChI is InChI=1S/C46H89NO10/c1-3-5-7-9-11-13-15-16-17-18-19-20-21-22-23-24-26-27-29-31-33-38(49)41(51)37(36-56-46-44(54)43(53)42(52)40(35-48)57-46)47-45(55)39(50)34-32-30-28-25-14-12-10-8-6-4-2/h10,12,37-44,46,48-54H,3-9,11,13-36H2,1-2H3,(H,47,55)/b12-10-. The van der Waals surface area contributed by atoms with Crippen LogP contribution in [0.2, 0.25) is 0 Å². The molecule has 9 atom stereocenters. The first-order chi connectivity index (χ1) is 27.7. The zero-order chi connectivity index (χ0) is 41.9. The Morgan fingerprint density at radius 2 is 1.04 bits per heavy atom. The summed E-state index contributed by atoms with van der Waals surface area (Å²) in [6.45, 7) is 3.39. The van der Waals surface area contributed by atoms with Gasteiger partial charge < -0.3 is 50.5 Å². The molecule has 0 bridgehead atoms. The van der Waals surface area contributed by atoms with Crippen LogP contribution in [0, 0.1) is 0 Å². The van der Waals surface area contributed by atoms with E-state index in [0.717, 1.165) is 51.4 Å². The van der Waals surface area contributed by atoms with Crippen LogP contribution in [0.4, 0.5) is 0 Å². The Morgan fingerprint density at radius 3 is 1.53 bits per heavy atom. The Kier molecular flexibility index (Phi) is 34.7. The molecule has 8 N–H and O–H groups in total. The predicted octanol–water partition coefficient (Wildman–Crippen LogP) is 7.67. The van der Waals surface area contributed by atoms with E-state index in [1.54, 1.807) is 0 Å². The fraction of sp³-hybridized carbons (Fsp3) is 0.935. The number of carbonyl (C=O) groups excluding carboxylic acids is 1. The van der Waals surface area contributed by atoms with Crippen LogP contribution in [0.15, 0.2) is 12.2 Å². The molecule has 0 spiro atoms. The molecule has 0 aliphatic carbocycles. The van der Waals surface area contributed by atoms with E-state index in [2.05, 4.69) is 31.3 Å². The Hall–Kier alpha value is -1.15. The summed E-state index contributed by atoms with van der Waals surface area (Å²) >= 11 is 0. The fourth-order valence-corrected chi connectivity index (χ4v) is 7.60. The van der Waals surface area contributed by atoms with Crippen molar-refractivity contribution in [2.75, 3.05) is 13.2 Å². The molecular weight excluding hydrogens is 727 g/mol. The minimum absolute atomic E-state index is 0.247. The van der Waals surface area contributed by atoms with Crippen molar-refractivity contribution >= 4 is 5.91 Å². The average Bonchev–Trinajstić information content (AvgIpc) is 3.21. The highest BCUT2D eigenvalue weighted by atomic mass is 16.7. The molecule has 0 aromatic heterocycles. The molecule has 338 valence electrons. The summed E-state index contributed by atoms with van der Waals surface area (Å²) in [6, 6.07) is -1.17. The second-order valence-corrected chi connectivity index (χ2v) is 16.8. The van der Waals surface area contributed by atoms with Crippen molar-refractivity contribution in [2.24, 2.45) is 0 Å². The molecule has 1 heterocycles. The smallest absolute Gasteiger partial charge is 0.249 e. The molecule has 1 aliphatic heterocycles. The van der Waals surface area contributed by atoms with Gasteiger partial charge in [0.2, 0.25) is 5.91 Å². The van der Waals surface area contributed by atoms with Gasteiger partial charge in [-0.3, -0.25) is 4.79 Å². The third-order valence-corrected chi connectivity index (χ3v) is 11.6. The SMILES string of the molecule is CCCC/C=C\CCCCCCC(O)C(=O)NC(COC1OC(CO)C(O)C(O)C1O)C(O)C(O)CCCCCCCCCCCCCCCCCCCCCC. The number of hydrogen-bond donors (Lipinski definition) is 8. The zero-order valence-corrected chi connectivity index (χ0v) is 36.3. The minimum Gasteiger partial charge on any atom is -0.394 e. The molecule has 1 saturated heterocycles. The number of unbranched alkanes of at least 4 members (excludes halogenated alkanes) is 25. The Bertz CT molecular complexity index is 939. The normalized spacial score (nSPS) is 22.2. The second-order valence-electron chi connectivity index (χ2n) is 16.8. The van der Waals surface area contributed by atoms with Crippen LogP contribution in [0.1, 0.15) is 206 Å². The second kappa shape index (κ2) is 36.7. The first kappa shape index (κ1) is 53.9. The van der Waals surface area contributed by atoms with Crippen LogP contribution < -0.4 is 5.32 Å². The summed E-state index contributed by atoms with van der Waals surface area (Å²) in [5, 5.41) is 75.6. The summed E-state index contributed by atoms with van der Waals surface area (Å²) in [4.78, 5) is 13.0. The molecule has 0 aromatic carbocycles. The average molecular weight is 816 g/mol. The van der Waals surface area contributed by atoms with Gasteiger partial charge in [-0.05, 0) is 32.1 Å². The van der Waals surface area contributed by atoms with Crippen molar-refractivity contribution < 1.29 is 50.0 Å². The van der Waals surface area contributed by atoms with Crippen molar-refractivity contribution in [3.63, 3.8) is 0 Å². The van der Waals surface area contributed by atoms with E-state index >= 15 is 0 Å². The highest BCUT2D eigenvalue weighted by Gasteiger charge is 2.44. The Labute approximate surface area is 347 Å². The first-order valence-corrected chi connectivity index (χ1v) is 23.6. The van der Waals surface area contributed by atoms with E-state index in [1.165, 1.54) is 116 Å². The maximum absolute atomic E-state index is 13.0. The Balaban J connectivity index is 2.40. The monoisotopic (exact) mass is 816 g/mol. The van der Waals surface area contributed by atoms with E-state index in [0.29, 0.717) is 19.3 Å². The molecule has 0 radical (unpaired) electrons. The van der Waals surface area contributed by atoms with Gasteiger partial charge in [-0.1, -0.05) is 187 Å². The molecule has 0 saturated carbocycles. The van der Waals surface area contributed by atoms with Crippen molar-refractivity contribution in [3.8, 4) is 0 Å². The molecular formula is C46H89NO10. The molecule has 9 unspecified atom stereocenters. The molecule has 11 nitrogen and oxygen atoms in total. The van der Waals surface area contributed by atoms with Crippen LogP contribution in [0.25, 0.3) is 0 Å². The lowest BCUT2D eigenvalue weighted by atomic mass is 9.98. The lowest BCUT2D eigenvalue weighted by molar-refractivity contribution is -0.303. The van der Waals surface area contributed by atoms with Crippen molar-refractivity contribution in [1.29, 1.82) is 0 Å². The van der Waals surface area contributed by atoms with E-state index in [4.69, 9.17) is 9.47 Å². The molecule has 57 heavy (non-hydrogen) atoms. The van der Waals surface area contributed by atoms with Crippen molar-refractivity contribution in [3.05, 3.63) is 12.2 Å². The van der Waals surface area contributed by atoms with Gasteiger partial charge in [0.1, 0.15) is 36.6 Å². The molecule has 1 amide bonds. The van der Waals surface area contributed by atoms with Crippen LogP contribution >= 0.6 is 0 Å². The van der Waals surface area contributed by atoms with E-state index < -0.39 is 74.2 Å². The number of carbonyl (C=O) groups is 1. The molecule has 11 heteroatoms. The summed E-state index contributed by atoms with van der Waals surface area (Å²) in [5.41, 5.74) is 0. The lowest BCUT2D eigenvalue weighted by Crippen LogP contribution is -2.60. The highest BCUT2D eigenvalue weighted by molar-refractivity contribution is 5.80. The van der Waals surface area contributed by atoms with Gasteiger partial charge in [0, 0.05) is 0 Å². The number of aliphatic hydroxyl groups excluding tert-OH is 7. The van der Waals surface area contributed by atoms with Crippen LogP contribution in [0.5, 0.6) is 0 Å². The van der Waals surface area contributed by atoms with Crippen molar-refractivity contribution in [1.82, 2.24) is 5.32 Å². The van der Waals surface area contributed by atoms with Gasteiger partial charge >= 0.3 is 0 Å².